The molecule has 3 rings (SSSR count). The fourth-order valence-electron chi connectivity index (χ4n) is 2.85. The number of benzene rings is 2. The number of pyridine rings is 1. The van der Waals surface area contributed by atoms with Crippen LogP contribution in [0, 0.1) is 5.82 Å². The Balaban J connectivity index is 1.67. The van der Waals surface area contributed by atoms with E-state index in [0.29, 0.717) is 24.4 Å². The highest BCUT2D eigenvalue weighted by Gasteiger charge is 2.11. The molecular weight excluding hydrogens is 395 g/mol. The molecule has 0 aliphatic heterocycles. The summed E-state index contributed by atoms with van der Waals surface area (Å²) in [5.74, 6) is 0.553. The summed E-state index contributed by atoms with van der Waals surface area (Å²) in [4.78, 5) is 18.2. The molecule has 0 atom stereocenters. The molecule has 0 unspecified atom stereocenters. The second-order valence-electron chi connectivity index (χ2n) is 6.67. The number of aromatic nitrogens is 1. The van der Waals surface area contributed by atoms with Gasteiger partial charge in [-0.15, -0.1) is 6.58 Å². The van der Waals surface area contributed by atoms with Gasteiger partial charge in [-0.25, -0.2) is 4.39 Å². The van der Waals surface area contributed by atoms with Crippen molar-refractivity contribution in [3.8, 4) is 17.2 Å². The van der Waals surface area contributed by atoms with Crippen LogP contribution in [0.1, 0.15) is 11.1 Å². The van der Waals surface area contributed by atoms with Gasteiger partial charge in [0.25, 0.3) is 0 Å². The van der Waals surface area contributed by atoms with E-state index in [9.17, 15) is 9.18 Å². The zero-order valence-electron chi connectivity index (χ0n) is 17.2. The lowest BCUT2D eigenvalue weighted by molar-refractivity contribution is -0.126. The lowest BCUT2D eigenvalue weighted by Gasteiger charge is -2.19. The van der Waals surface area contributed by atoms with Gasteiger partial charge in [0.1, 0.15) is 11.5 Å². The van der Waals surface area contributed by atoms with Crippen molar-refractivity contribution in [3.63, 3.8) is 0 Å². The molecule has 0 aliphatic rings. The monoisotopic (exact) mass is 418 g/mol. The summed E-state index contributed by atoms with van der Waals surface area (Å²) in [6.45, 7) is 4.53. The molecule has 158 valence electrons. The maximum Gasteiger partial charge on any atom is 0.247 e. The van der Waals surface area contributed by atoms with Crippen LogP contribution in [0.25, 0.3) is 6.08 Å². The van der Waals surface area contributed by atoms with E-state index in [2.05, 4.69) is 11.6 Å². The Bertz CT molecular complexity index is 1050. The van der Waals surface area contributed by atoms with Gasteiger partial charge in [-0.1, -0.05) is 24.3 Å². The average Bonchev–Trinajstić information content (AvgIpc) is 2.80. The van der Waals surface area contributed by atoms with Gasteiger partial charge < -0.3 is 14.4 Å². The van der Waals surface area contributed by atoms with Crippen LogP contribution in [-0.4, -0.2) is 29.4 Å². The number of hydrogen-bond donors (Lipinski definition) is 0. The molecule has 0 saturated heterocycles. The van der Waals surface area contributed by atoms with Crippen LogP contribution >= 0.6 is 0 Å². The first-order valence-electron chi connectivity index (χ1n) is 9.67. The van der Waals surface area contributed by atoms with E-state index in [4.69, 9.17) is 9.47 Å². The maximum atomic E-state index is 14.4. The van der Waals surface area contributed by atoms with E-state index in [1.165, 1.54) is 24.4 Å². The second kappa shape index (κ2) is 10.7. The van der Waals surface area contributed by atoms with Gasteiger partial charge in [-0.2, -0.15) is 0 Å². The molecule has 31 heavy (non-hydrogen) atoms. The average molecular weight is 418 g/mol. The molecule has 1 amide bonds. The molecule has 2 aromatic carbocycles. The summed E-state index contributed by atoms with van der Waals surface area (Å²) in [6, 6.07) is 15.4. The molecule has 0 aliphatic carbocycles. The molecule has 0 radical (unpaired) electrons. The fraction of sp³-hybridized carbons (Fsp3) is 0.120. The van der Waals surface area contributed by atoms with Gasteiger partial charge in [0.05, 0.1) is 13.3 Å². The predicted octanol–water partition coefficient (Wildman–Crippen LogP) is 5.25. The van der Waals surface area contributed by atoms with Crippen LogP contribution in [-0.2, 0) is 11.3 Å². The molecule has 0 spiro atoms. The van der Waals surface area contributed by atoms with Gasteiger partial charge in [0.15, 0.2) is 11.6 Å². The maximum absolute atomic E-state index is 14.4. The smallest absolute Gasteiger partial charge is 0.247 e. The number of ether oxygens (including phenoxy) is 2. The lowest BCUT2D eigenvalue weighted by Crippen LogP contribution is -2.29. The quantitative estimate of drug-likeness (QED) is 0.352. The summed E-state index contributed by atoms with van der Waals surface area (Å²) in [5, 5.41) is 0. The Morgan fingerprint density at radius 3 is 2.61 bits per heavy atom. The zero-order valence-corrected chi connectivity index (χ0v) is 17.2. The molecule has 0 fully saturated rings. The van der Waals surface area contributed by atoms with Gasteiger partial charge in [-0.3, -0.25) is 9.78 Å². The second-order valence-corrected chi connectivity index (χ2v) is 6.67. The van der Waals surface area contributed by atoms with Crippen molar-refractivity contribution in [2.75, 3.05) is 13.7 Å². The Morgan fingerprint density at radius 2 is 1.97 bits per heavy atom. The molecule has 0 bridgehead atoms. The van der Waals surface area contributed by atoms with E-state index in [0.717, 1.165) is 11.3 Å². The third-order valence-electron chi connectivity index (χ3n) is 4.43. The lowest BCUT2D eigenvalue weighted by atomic mass is 10.1. The van der Waals surface area contributed by atoms with Gasteiger partial charge in [0.2, 0.25) is 5.91 Å². The first kappa shape index (κ1) is 21.8. The molecule has 0 saturated carbocycles. The van der Waals surface area contributed by atoms with Crippen molar-refractivity contribution < 1.29 is 18.7 Å². The summed E-state index contributed by atoms with van der Waals surface area (Å²) in [5.41, 5.74) is 1.51. The third-order valence-corrected chi connectivity index (χ3v) is 4.43. The van der Waals surface area contributed by atoms with Crippen LogP contribution in [0.3, 0.4) is 0 Å². The minimum atomic E-state index is -0.528. The SMILES string of the molecule is C=CCN(Cc1ccc(OC)cc1)C(=O)/C=C/c1ccc(Oc2cccnc2)c(F)c1. The molecule has 1 aromatic heterocycles. The molecular formula is C25H23FN2O3. The van der Waals surface area contributed by atoms with Crippen molar-refractivity contribution >= 4 is 12.0 Å². The van der Waals surface area contributed by atoms with Crippen molar-refractivity contribution in [1.29, 1.82) is 0 Å². The standard InChI is InChI=1S/C25H23FN2O3/c1-3-15-28(18-20-6-10-21(30-2)11-7-20)25(29)13-9-19-8-12-24(23(26)16-19)31-22-5-4-14-27-17-22/h3-14,16-17H,1,15,18H2,2H3/b13-9+. The number of methoxy groups -OCH3 is 1. The summed E-state index contributed by atoms with van der Waals surface area (Å²) >= 11 is 0. The minimum absolute atomic E-state index is 0.0873. The molecule has 1 heterocycles. The summed E-state index contributed by atoms with van der Waals surface area (Å²) in [7, 11) is 1.60. The van der Waals surface area contributed by atoms with E-state index in [1.54, 1.807) is 48.6 Å². The van der Waals surface area contributed by atoms with E-state index in [-0.39, 0.29) is 11.7 Å². The topological polar surface area (TPSA) is 51.7 Å². The minimum Gasteiger partial charge on any atom is -0.497 e. The Hall–Kier alpha value is -3.93. The van der Waals surface area contributed by atoms with E-state index < -0.39 is 5.82 Å². The van der Waals surface area contributed by atoms with Crippen molar-refractivity contribution in [2.24, 2.45) is 0 Å². The molecule has 3 aromatic rings. The molecule has 5 nitrogen and oxygen atoms in total. The van der Waals surface area contributed by atoms with Crippen LogP contribution in [0.5, 0.6) is 17.2 Å². The molecule has 0 N–H and O–H groups in total. The van der Waals surface area contributed by atoms with Gasteiger partial charge >= 0.3 is 0 Å². The Labute approximate surface area is 181 Å². The Kier molecular flexibility index (Phi) is 7.54. The number of hydrogen-bond acceptors (Lipinski definition) is 4. The Morgan fingerprint density at radius 1 is 1.16 bits per heavy atom. The normalized spacial score (nSPS) is 10.6. The number of carbonyl (C=O) groups excluding carboxylic acids is 1. The number of amides is 1. The van der Waals surface area contributed by atoms with Gasteiger partial charge in [0, 0.05) is 25.4 Å². The highest BCUT2D eigenvalue weighted by atomic mass is 19.1. The van der Waals surface area contributed by atoms with Crippen LogP contribution in [0.15, 0.2) is 85.7 Å². The predicted molar refractivity (Wildman–Crippen MR) is 118 cm³/mol. The first-order chi connectivity index (χ1) is 15.1. The van der Waals surface area contributed by atoms with Crippen molar-refractivity contribution in [1.82, 2.24) is 9.88 Å². The summed E-state index contributed by atoms with van der Waals surface area (Å²) in [6.07, 6.45) is 7.77. The largest absolute Gasteiger partial charge is 0.497 e. The van der Waals surface area contributed by atoms with Crippen LogP contribution in [0.2, 0.25) is 0 Å². The summed E-state index contributed by atoms with van der Waals surface area (Å²) < 4.78 is 25.0. The first-order valence-corrected chi connectivity index (χ1v) is 9.67. The third kappa shape index (κ3) is 6.27. The number of nitrogens with zero attached hydrogens (tertiary/aromatic N) is 2. The van der Waals surface area contributed by atoms with Crippen LogP contribution in [0.4, 0.5) is 4.39 Å². The van der Waals surface area contributed by atoms with Gasteiger partial charge in [-0.05, 0) is 53.6 Å². The number of rotatable bonds is 9. The van der Waals surface area contributed by atoms with E-state index in [1.807, 2.05) is 24.3 Å². The fourth-order valence-corrected chi connectivity index (χ4v) is 2.85. The number of carbonyl (C=O) groups is 1. The van der Waals surface area contributed by atoms with Crippen molar-refractivity contribution in [2.45, 2.75) is 6.54 Å². The van der Waals surface area contributed by atoms with E-state index >= 15 is 0 Å². The van der Waals surface area contributed by atoms with Crippen LogP contribution < -0.4 is 9.47 Å². The number of halogens is 1. The highest BCUT2D eigenvalue weighted by molar-refractivity contribution is 5.91. The highest BCUT2D eigenvalue weighted by Crippen LogP contribution is 2.25. The molecule has 6 heteroatoms. The zero-order chi connectivity index (χ0) is 22.1. The van der Waals surface area contributed by atoms with Crippen molar-refractivity contribution in [3.05, 3.63) is 103 Å².